The number of ether oxygens (including phenoxy) is 1. The smallest absolute Gasteiger partial charge is 0.311 e. The van der Waals surface area contributed by atoms with Gasteiger partial charge in [0.1, 0.15) is 6.10 Å². The monoisotopic (exact) mass is 442 g/mol. The number of nitrogens with one attached hydrogen (secondary N) is 1. The molecule has 7 atom stereocenters. The van der Waals surface area contributed by atoms with Crippen LogP contribution in [0.15, 0.2) is 11.6 Å². The number of esters is 1. The van der Waals surface area contributed by atoms with Crippen LogP contribution in [0.5, 0.6) is 0 Å². The van der Waals surface area contributed by atoms with E-state index >= 15 is 0 Å². The highest BCUT2D eigenvalue weighted by atomic mass is 16.5. The number of Topliss-reactive ketones (excluding diaryl/α,β-unsaturated/α-hetero) is 1. The Labute approximate surface area is 194 Å². The summed E-state index contributed by atoms with van der Waals surface area (Å²) in [5, 5.41) is 0. The van der Waals surface area contributed by atoms with E-state index in [0.717, 1.165) is 43.2 Å². The van der Waals surface area contributed by atoms with E-state index in [0.29, 0.717) is 29.5 Å². The molecule has 0 amide bonds. The minimum absolute atomic E-state index is 0.0360. The van der Waals surface area contributed by atoms with Gasteiger partial charge in [-0.1, -0.05) is 19.9 Å². The zero-order chi connectivity index (χ0) is 22.5. The van der Waals surface area contributed by atoms with Crippen molar-refractivity contribution in [3.8, 4) is 0 Å². The van der Waals surface area contributed by atoms with Crippen LogP contribution in [0.4, 0.5) is 0 Å². The Kier molecular flexibility index (Phi) is 6.05. The SMILES string of the molecule is CC(=O)C1=CC[C@@H]2[C@@H]3CC[C@H]4C[C@@H](OC(=O)CC[NH+]5CCCC5)CC[C@]4(C)[C@@H]3CC[C@]12C. The lowest BCUT2D eigenvalue weighted by atomic mass is 9.44. The molecule has 0 aromatic carbocycles. The molecule has 0 bridgehead atoms. The minimum atomic E-state index is 0.0360. The van der Waals surface area contributed by atoms with Crippen LogP contribution in [0, 0.1) is 34.5 Å². The van der Waals surface area contributed by atoms with E-state index in [1.807, 2.05) is 0 Å². The third-order valence-corrected chi connectivity index (χ3v) is 10.9. The van der Waals surface area contributed by atoms with E-state index in [1.165, 1.54) is 58.0 Å². The third-order valence-electron chi connectivity index (χ3n) is 10.9. The predicted octanol–water partition coefficient (Wildman–Crippen LogP) is 4.14. The predicted molar refractivity (Wildman–Crippen MR) is 125 cm³/mol. The summed E-state index contributed by atoms with van der Waals surface area (Å²) in [5.74, 6) is 3.20. The molecule has 5 aliphatic rings. The fourth-order valence-corrected chi connectivity index (χ4v) is 9.09. The van der Waals surface area contributed by atoms with E-state index in [1.54, 1.807) is 11.8 Å². The molecule has 0 unspecified atom stereocenters. The Morgan fingerprint density at radius 1 is 1.06 bits per heavy atom. The Morgan fingerprint density at radius 2 is 1.84 bits per heavy atom. The van der Waals surface area contributed by atoms with Crippen molar-refractivity contribution >= 4 is 11.8 Å². The molecule has 1 aliphatic heterocycles. The Morgan fingerprint density at radius 3 is 2.59 bits per heavy atom. The summed E-state index contributed by atoms with van der Waals surface area (Å²) >= 11 is 0. The number of ketones is 1. The number of carbonyl (C=O) groups is 2. The molecule has 0 aromatic heterocycles. The second-order valence-corrected chi connectivity index (χ2v) is 12.4. The Bertz CT molecular complexity index is 784. The molecule has 4 heteroatoms. The zero-order valence-corrected chi connectivity index (χ0v) is 20.6. The normalized spacial score (nSPS) is 43.7. The summed E-state index contributed by atoms with van der Waals surface area (Å²) in [7, 11) is 0. The lowest BCUT2D eigenvalue weighted by Crippen LogP contribution is -3.10. The molecule has 0 spiro atoms. The van der Waals surface area contributed by atoms with Crippen molar-refractivity contribution in [3.63, 3.8) is 0 Å². The number of likely N-dealkylation sites (tertiary alicyclic amines) is 1. The van der Waals surface area contributed by atoms with Crippen LogP contribution in [-0.2, 0) is 14.3 Å². The van der Waals surface area contributed by atoms with Crippen LogP contribution in [0.25, 0.3) is 0 Å². The molecule has 0 aromatic rings. The summed E-state index contributed by atoms with van der Waals surface area (Å²) in [6.45, 7) is 10.1. The number of carbonyl (C=O) groups excluding carboxylic acids is 2. The van der Waals surface area contributed by atoms with Gasteiger partial charge >= 0.3 is 5.97 Å². The quantitative estimate of drug-likeness (QED) is 0.651. The molecule has 32 heavy (non-hydrogen) atoms. The van der Waals surface area contributed by atoms with Crippen LogP contribution in [0.3, 0.4) is 0 Å². The lowest BCUT2D eigenvalue weighted by Gasteiger charge is -2.60. The van der Waals surface area contributed by atoms with Gasteiger partial charge in [0.05, 0.1) is 26.1 Å². The topological polar surface area (TPSA) is 47.8 Å². The lowest BCUT2D eigenvalue weighted by molar-refractivity contribution is -0.886. The Hall–Kier alpha value is -1.16. The largest absolute Gasteiger partial charge is 0.462 e. The highest BCUT2D eigenvalue weighted by molar-refractivity contribution is 5.95. The molecule has 178 valence electrons. The number of fused-ring (bicyclic) bond motifs is 5. The van der Waals surface area contributed by atoms with Gasteiger partial charge in [-0.3, -0.25) is 9.59 Å². The molecule has 5 rings (SSSR count). The first kappa shape index (κ1) is 22.6. The van der Waals surface area contributed by atoms with Crippen molar-refractivity contribution in [2.45, 2.75) is 97.5 Å². The molecule has 0 radical (unpaired) electrons. The highest BCUT2D eigenvalue weighted by Gasteiger charge is 2.59. The van der Waals surface area contributed by atoms with Crippen LogP contribution in [0.2, 0.25) is 0 Å². The molecular weight excluding hydrogens is 398 g/mol. The number of rotatable bonds is 5. The van der Waals surface area contributed by atoms with Crippen molar-refractivity contribution in [2.24, 2.45) is 34.5 Å². The maximum Gasteiger partial charge on any atom is 0.311 e. The molecule has 4 nitrogen and oxygen atoms in total. The first-order chi connectivity index (χ1) is 15.3. The molecule has 3 saturated carbocycles. The first-order valence-electron chi connectivity index (χ1n) is 13.6. The van der Waals surface area contributed by atoms with Crippen molar-refractivity contribution < 1.29 is 19.2 Å². The van der Waals surface area contributed by atoms with Gasteiger partial charge in [0.2, 0.25) is 0 Å². The molecule has 4 fully saturated rings. The fourth-order valence-electron chi connectivity index (χ4n) is 9.09. The summed E-state index contributed by atoms with van der Waals surface area (Å²) in [4.78, 5) is 26.4. The molecule has 1 heterocycles. The van der Waals surface area contributed by atoms with E-state index in [4.69, 9.17) is 4.74 Å². The zero-order valence-electron chi connectivity index (χ0n) is 20.6. The van der Waals surface area contributed by atoms with Crippen molar-refractivity contribution in [1.82, 2.24) is 0 Å². The summed E-state index contributed by atoms with van der Waals surface area (Å²) in [6.07, 6.45) is 15.0. The van der Waals surface area contributed by atoms with E-state index < -0.39 is 0 Å². The molecule has 4 aliphatic carbocycles. The van der Waals surface area contributed by atoms with E-state index in [-0.39, 0.29) is 17.5 Å². The van der Waals surface area contributed by atoms with Crippen LogP contribution < -0.4 is 4.90 Å². The standard InChI is InChI=1S/C28H43NO3/c1-19(30)23-8-9-24-22-7-6-20-18-21(32-26(31)12-17-29-15-4-5-16-29)10-13-27(20,2)25(22)11-14-28(23,24)3/h8,20-22,24-25H,4-7,9-18H2,1-3H3/p+1/t20-,21-,22-,24+,25+,27-,28+/m0/s1. The van der Waals surface area contributed by atoms with Gasteiger partial charge in [0, 0.05) is 12.8 Å². The van der Waals surface area contributed by atoms with Crippen LogP contribution >= 0.6 is 0 Å². The summed E-state index contributed by atoms with van der Waals surface area (Å²) in [5.41, 5.74) is 1.62. The molecular formula is C28H44NO3+. The van der Waals surface area contributed by atoms with Crippen LogP contribution in [0.1, 0.15) is 91.4 Å². The number of hydrogen-bond donors (Lipinski definition) is 1. The van der Waals surface area contributed by atoms with Gasteiger partial charge in [-0.15, -0.1) is 0 Å². The van der Waals surface area contributed by atoms with E-state index in [2.05, 4.69) is 19.9 Å². The molecule has 1 N–H and O–H groups in total. The van der Waals surface area contributed by atoms with Gasteiger partial charge in [-0.05, 0) is 98.4 Å². The summed E-state index contributed by atoms with van der Waals surface area (Å²) < 4.78 is 6.01. The second kappa shape index (κ2) is 8.56. The van der Waals surface area contributed by atoms with Gasteiger partial charge < -0.3 is 9.64 Å². The minimum Gasteiger partial charge on any atom is -0.462 e. The second-order valence-electron chi connectivity index (χ2n) is 12.4. The van der Waals surface area contributed by atoms with Gasteiger partial charge in [0.15, 0.2) is 5.78 Å². The number of hydrogen-bond acceptors (Lipinski definition) is 3. The average Bonchev–Trinajstić information content (AvgIpc) is 3.39. The average molecular weight is 443 g/mol. The van der Waals surface area contributed by atoms with Crippen molar-refractivity contribution in [3.05, 3.63) is 11.6 Å². The maximum atomic E-state index is 12.5. The van der Waals surface area contributed by atoms with Gasteiger partial charge in [-0.2, -0.15) is 0 Å². The van der Waals surface area contributed by atoms with Crippen molar-refractivity contribution in [1.29, 1.82) is 0 Å². The Balaban J connectivity index is 1.20. The highest BCUT2D eigenvalue weighted by Crippen LogP contribution is 2.66. The summed E-state index contributed by atoms with van der Waals surface area (Å²) in [6, 6.07) is 0. The third kappa shape index (κ3) is 3.79. The maximum absolute atomic E-state index is 12.5. The van der Waals surface area contributed by atoms with Crippen LogP contribution in [-0.4, -0.2) is 37.5 Å². The van der Waals surface area contributed by atoms with Gasteiger partial charge in [-0.25, -0.2) is 0 Å². The fraction of sp³-hybridized carbons (Fsp3) is 0.857. The van der Waals surface area contributed by atoms with Crippen molar-refractivity contribution in [2.75, 3.05) is 19.6 Å². The van der Waals surface area contributed by atoms with Gasteiger partial charge in [0.25, 0.3) is 0 Å². The number of quaternary nitrogens is 1. The first-order valence-corrected chi connectivity index (χ1v) is 13.6. The van der Waals surface area contributed by atoms with E-state index in [9.17, 15) is 9.59 Å². The number of allylic oxidation sites excluding steroid dienone is 2. The molecule has 1 saturated heterocycles.